The van der Waals surface area contributed by atoms with Gasteiger partial charge in [0.25, 0.3) is 5.91 Å². The first-order chi connectivity index (χ1) is 8.66. The molecule has 2 aliphatic heterocycles. The van der Waals surface area contributed by atoms with Gasteiger partial charge >= 0.3 is 0 Å². The van der Waals surface area contributed by atoms with E-state index in [0.717, 1.165) is 13.0 Å². The summed E-state index contributed by atoms with van der Waals surface area (Å²) in [6.07, 6.45) is 3.67. The van der Waals surface area contributed by atoms with Crippen molar-refractivity contribution in [2.45, 2.75) is 12.5 Å². The number of aliphatic hydroxyl groups excluding tert-OH is 1. The maximum Gasteiger partial charge on any atom is 0.257 e. The Morgan fingerprint density at radius 1 is 1.39 bits per heavy atom. The molecule has 1 aromatic carbocycles. The van der Waals surface area contributed by atoms with Crippen LogP contribution >= 0.6 is 0 Å². The van der Waals surface area contributed by atoms with E-state index in [4.69, 9.17) is 0 Å². The Morgan fingerprint density at radius 3 is 2.94 bits per heavy atom. The van der Waals surface area contributed by atoms with Crippen molar-refractivity contribution >= 4 is 17.3 Å². The first-order valence-corrected chi connectivity index (χ1v) is 5.89. The van der Waals surface area contributed by atoms with E-state index in [1.54, 1.807) is 6.07 Å². The first-order valence-electron chi connectivity index (χ1n) is 5.89. The molecule has 2 N–H and O–H groups in total. The van der Waals surface area contributed by atoms with Crippen molar-refractivity contribution in [3.63, 3.8) is 0 Å². The third kappa shape index (κ3) is 1.67. The number of amides is 1. The highest BCUT2D eigenvalue weighted by molar-refractivity contribution is 6.02. The van der Waals surface area contributed by atoms with E-state index in [0.29, 0.717) is 23.5 Å². The second-order valence-corrected chi connectivity index (χ2v) is 4.49. The highest BCUT2D eigenvalue weighted by Crippen LogP contribution is 2.36. The largest absolute Gasteiger partial charge is 0.378 e. The molecule has 0 fully saturated rings. The van der Waals surface area contributed by atoms with Crippen LogP contribution in [-0.2, 0) is 4.79 Å². The van der Waals surface area contributed by atoms with Crippen LogP contribution < -0.4 is 10.2 Å². The molecule has 1 atom stereocenters. The number of anilines is 2. The van der Waals surface area contributed by atoms with Crippen LogP contribution in [0.3, 0.4) is 0 Å². The van der Waals surface area contributed by atoms with Gasteiger partial charge in [0.2, 0.25) is 0 Å². The SMILES string of the molecule is O=C1Nc2cc(N3CC=CCC3)c(F)cc2C1O. The molecule has 0 spiro atoms. The van der Waals surface area contributed by atoms with Gasteiger partial charge in [0, 0.05) is 24.3 Å². The minimum Gasteiger partial charge on any atom is -0.378 e. The Morgan fingerprint density at radius 2 is 2.22 bits per heavy atom. The van der Waals surface area contributed by atoms with E-state index < -0.39 is 17.8 Å². The molecule has 3 rings (SSSR count). The smallest absolute Gasteiger partial charge is 0.257 e. The number of rotatable bonds is 1. The number of carbonyl (C=O) groups is 1. The molecule has 1 unspecified atom stereocenters. The van der Waals surface area contributed by atoms with Crippen LogP contribution in [0.4, 0.5) is 15.8 Å². The van der Waals surface area contributed by atoms with Gasteiger partial charge in [-0.15, -0.1) is 0 Å². The number of aliphatic hydroxyl groups is 1. The zero-order valence-electron chi connectivity index (χ0n) is 9.69. The van der Waals surface area contributed by atoms with Crippen LogP contribution in [0.25, 0.3) is 0 Å². The molecular formula is C13H13FN2O2. The highest BCUT2D eigenvalue weighted by Gasteiger charge is 2.30. The molecule has 18 heavy (non-hydrogen) atoms. The lowest BCUT2D eigenvalue weighted by Crippen LogP contribution is -2.27. The van der Waals surface area contributed by atoms with Crippen molar-refractivity contribution in [2.24, 2.45) is 0 Å². The molecule has 0 saturated carbocycles. The molecule has 0 bridgehead atoms. The summed E-state index contributed by atoms with van der Waals surface area (Å²) in [5, 5.41) is 12.1. The van der Waals surface area contributed by atoms with Crippen LogP contribution in [0, 0.1) is 5.82 Å². The number of hydrogen-bond acceptors (Lipinski definition) is 3. The summed E-state index contributed by atoms with van der Waals surface area (Å²) in [7, 11) is 0. The van der Waals surface area contributed by atoms with Gasteiger partial charge in [-0.25, -0.2) is 4.39 Å². The number of carbonyl (C=O) groups excluding carboxylic acids is 1. The lowest BCUT2D eigenvalue weighted by atomic mass is 10.1. The number of fused-ring (bicyclic) bond motifs is 1. The van der Waals surface area contributed by atoms with Crippen molar-refractivity contribution in [2.75, 3.05) is 23.3 Å². The van der Waals surface area contributed by atoms with E-state index >= 15 is 0 Å². The maximum atomic E-state index is 14.0. The van der Waals surface area contributed by atoms with Gasteiger partial charge in [0.1, 0.15) is 5.82 Å². The minimum absolute atomic E-state index is 0.314. The fourth-order valence-corrected chi connectivity index (χ4v) is 2.36. The fraction of sp³-hybridized carbons (Fsp3) is 0.308. The second kappa shape index (κ2) is 4.10. The molecule has 0 aromatic heterocycles. The maximum absolute atomic E-state index is 14.0. The predicted octanol–water partition coefficient (Wildman–Crippen LogP) is 1.58. The van der Waals surface area contributed by atoms with E-state index in [1.165, 1.54) is 6.07 Å². The first kappa shape index (κ1) is 11.2. The Balaban J connectivity index is 2.00. The normalized spacial score (nSPS) is 22.0. The average molecular weight is 248 g/mol. The van der Waals surface area contributed by atoms with Crippen molar-refractivity contribution in [3.8, 4) is 0 Å². The molecule has 0 aliphatic carbocycles. The number of halogens is 1. The number of nitrogens with zero attached hydrogens (tertiary/aromatic N) is 1. The minimum atomic E-state index is -1.26. The zero-order chi connectivity index (χ0) is 12.7. The monoisotopic (exact) mass is 248 g/mol. The lowest BCUT2D eigenvalue weighted by molar-refractivity contribution is -0.123. The van der Waals surface area contributed by atoms with Crippen LogP contribution in [0.15, 0.2) is 24.3 Å². The molecule has 94 valence electrons. The summed E-state index contributed by atoms with van der Waals surface area (Å²) in [5.74, 6) is -0.903. The number of benzene rings is 1. The van der Waals surface area contributed by atoms with Gasteiger partial charge in [-0.2, -0.15) is 0 Å². The third-order valence-corrected chi connectivity index (χ3v) is 3.32. The van der Waals surface area contributed by atoms with Gasteiger partial charge in [-0.3, -0.25) is 4.79 Å². The van der Waals surface area contributed by atoms with Crippen molar-refractivity contribution in [1.82, 2.24) is 0 Å². The zero-order valence-corrected chi connectivity index (χ0v) is 9.69. The van der Waals surface area contributed by atoms with E-state index in [9.17, 15) is 14.3 Å². The van der Waals surface area contributed by atoms with Gasteiger partial charge in [-0.1, -0.05) is 12.2 Å². The lowest BCUT2D eigenvalue weighted by Gasteiger charge is -2.26. The van der Waals surface area contributed by atoms with Crippen LogP contribution in [-0.4, -0.2) is 24.1 Å². The molecular weight excluding hydrogens is 235 g/mol. The Bertz CT molecular complexity index is 542. The standard InChI is InChI=1S/C13H13FN2O2/c14-9-6-8-10(15-13(18)12(8)17)7-11(9)16-4-2-1-3-5-16/h1-2,6-7,12,17H,3-5H2,(H,15,18). The molecule has 5 heteroatoms. The quantitative estimate of drug-likeness (QED) is 0.742. The summed E-state index contributed by atoms with van der Waals surface area (Å²) >= 11 is 0. The molecule has 0 radical (unpaired) electrons. The molecule has 4 nitrogen and oxygen atoms in total. The topological polar surface area (TPSA) is 52.6 Å². The van der Waals surface area contributed by atoms with Gasteiger partial charge in [-0.05, 0) is 18.6 Å². The van der Waals surface area contributed by atoms with Gasteiger partial charge in [0.15, 0.2) is 6.10 Å². The van der Waals surface area contributed by atoms with Crippen molar-refractivity contribution in [3.05, 3.63) is 35.7 Å². The number of hydrogen-bond donors (Lipinski definition) is 2. The molecule has 1 aromatic rings. The Kier molecular flexibility index (Phi) is 2.56. The number of nitrogens with one attached hydrogen (secondary N) is 1. The van der Waals surface area contributed by atoms with Gasteiger partial charge in [0.05, 0.1) is 5.69 Å². The highest BCUT2D eigenvalue weighted by atomic mass is 19.1. The summed E-state index contributed by atoms with van der Waals surface area (Å²) in [6, 6.07) is 2.84. The van der Waals surface area contributed by atoms with Gasteiger partial charge < -0.3 is 15.3 Å². The average Bonchev–Trinajstić information content (AvgIpc) is 2.66. The van der Waals surface area contributed by atoms with Crippen LogP contribution in [0.5, 0.6) is 0 Å². The third-order valence-electron chi connectivity index (χ3n) is 3.32. The van der Waals surface area contributed by atoms with Crippen molar-refractivity contribution in [1.29, 1.82) is 0 Å². The summed E-state index contributed by atoms with van der Waals surface area (Å²) < 4.78 is 14.0. The van der Waals surface area contributed by atoms with E-state index in [1.807, 2.05) is 11.0 Å². The summed E-state index contributed by atoms with van der Waals surface area (Å²) in [6.45, 7) is 1.41. The second-order valence-electron chi connectivity index (χ2n) is 4.49. The Labute approximate surface area is 104 Å². The van der Waals surface area contributed by atoms with Crippen LogP contribution in [0.1, 0.15) is 18.1 Å². The molecule has 0 saturated heterocycles. The predicted molar refractivity (Wildman–Crippen MR) is 66.0 cm³/mol. The van der Waals surface area contributed by atoms with Crippen LogP contribution in [0.2, 0.25) is 0 Å². The molecule has 2 heterocycles. The fourth-order valence-electron chi connectivity index (χ4n) is 2.36. The van der Waals surface area contributed by atoms with E-state index in [2.05, 4.69) is 11.4 Å². The van der Waals surface area contributed by atoms with E-state index in [-0.39, 0.29) is 0 Å². The molecule has 1 amide bonds. The Hall–Kier alpha value is -1.88. The van der Waals surface area contributed by atoms with Crippen molar-refractivity contribution < 1.29 is 14.3 Å². The summed E-state index contributed by atoms with van der Waals surface area (Å²) in [5.41, 5.74) is 1.28. The summed E-state index contributed by atoms with van der Waals surface area (Å²) in [4.78, 5) is 13.2. The molecule has 2 aliphatic rings.